The first-order valence-corrected chi connectivity index (χ1v) is 13.4. The van der Waals surface area contributed by atoms with E-state index in [0.29, 0.717) is 5.56 Å². The van der Waals surface area contributed by atoms with Crippen LogP contribution >= 0.6 is 0 Å². The van der Waals surface area contributed by atoms with Crippen LogP contribution < -0.4 is 0 Å². The van der Waals surface area contributed by atoms with Gasteiger partial charge in [0.25, 0.3) is 0 Å². The Morgan fingerprint density at radius 3 is 1.65 bits per heavy atom. The van der Waals surface area contributed by atoms with E-state index in [2.05, 4.69) is 116 Å². The fourth-order valence-electron chi connectivity index (χ4n) is 6.08. The largest absolute Gasteiger partial charge is 0.251 e. The zero-order chi connectivity index (χ0) is 27.1. The van der Waals surface area contributed by atoms with Gasteiger partial charge in [-0.1, -0.05) is 96.6 Å². The van der Waals surface area contributed by atoms with Crippen molar-refractivity contribution >= 4 is 0 Å². The summed E-state index contributed by atoms with van der Waals surface area (Å²) >= 11 is 0. The van der Waals surface area contributed by atoms with E-state index < -0.39 is 5.41 Å². The maximum atomic E-state index is 9.50. The smallest absolute Gasteiger partial charge is 0.106 e. The molecule has 188 valence electrons. The van der Waals surface area contributed by atoms with Gasteiger partial charge < -0.3 is 0 Å². The van der Waals surface area contributed by atoms with Crippen molar-refractivity contribution in [3.8, 4) is 39.7 Å². The highest BCUT2D eigenvalue weighted by atomic mass is 14.8. The minimum atomic E-state index is -0.712. The fraction of sp³-hybridized carbons (Fsp3) is 0.0541. The number of hydrogen-bond donors (Lipinski definition) is 0. The summed E-state index contributed by atoms with van der Waals surface area (Å²) in [6.45, 7) is 2.11. The van der Waals surface area contributed by atoms with Crippen LogP contribution in [0, 0.1) is 18.3 Å². The van der Waals surface area contributed by atoms with Crippen LogP contribution in [0.1, 0.15) is 33.6 Å². The number of nitrogens with zero attached hydrogens (tertiary/aromatic N) is 3. The van der Waals surface area contributed by atoms with Crippen LogP contribution in [0.5, 0.6) is 0 Å². The molecule has 0 atom stereocenters. The highest BCUT2D eigenvalue weighted by Crippen LogP contribution is 2.55. The average Bonchev–Trinajstić information content (AvgIpc) is 3.32. The number of aromatic nitrogens is 2. The Kier molecular flexibility index (Phi) is 5.61. The van der Waals surface area contributed by atoms with Crippen molar-refractivity contribution < 1.29 is 0 Å². The van der Waals surface area contributed by atoms with Gasteiger partial charge in [-0.2, -0.15) is 5.26 Å². The number of hydrogen-bond acceptors (Lipinski definition) is 3. The van der Waals surface area contributed by atoms with Gasteiger partial charge in [0.1, 0.15) is 5.41 Å². The molecule has 6 aromatic rings. The second-order valence-electron chi connectivity index (χ2n) is 10.2. The molecule has 40 heavy (non-hydrogen) atoms. The molecule has 1 aliphatic rings. The third kappa shape index (κ3) is 3.66. The number of nitriles is 1. The van der Waals surface area contributed by atoms with Gasteiger partial charge >= 0.3 is 0 Å². The number of rotatable bonds is 4. The van der Waals surface area contributed by atoms with Crippen molar-refractivity contribution in [2.75, 3.05) is 0 Å². The highest BCUT2D eigenvalue weighted by molar-refractivity contribution is 5.85. The third-order valence-corrected chi connectivity index (χ3v) is 7.82. The summed E-state index contributed by atoms with van der Waals surface area (Å²) in [6.07, 6.45) is 0. The molecular weight excluding hydrogens is 486 g/mol. The average molecular weight is 512 g/mol. The first kappa shape index (κ1) is 23.8. The predicted molar refractivity (Wildman–Crippen MR) is 160 cm³/mol. The lowest BCUT2D eigenvalue weighted by Gasteiger charge is -2.32. The minimum absolute atomic E-state index is 0.614. The van der Waals surface area contributed by atoms with Crippen LogP contribution in [0.3, 0.4) is 0 Å². The van der Waals surface area contributed by atoms with E-state index in [0.717, 1.165) is 33.9 Å². The van der Waals surface area contributed by atoms with Crippen molar-refractivity contribution in [3.63, 3.8) is 0 Å². The summed E-state index contributed by atoms with van der Waals surface area (Å²) in [6, 6.07) is 48.1. The fourth-order valence-corrected chi connectivity index (χ4v) is 6.08. The first-order chi connectivity index (χ1) is 19.7. The number of benzene rings is 4. The number of aryl methyl sites for hydroxylation is 1. The van der Waals surface area contributed by atoms with Crippen molar-refractivity contribution in [1.29, 1.82) is 5.26 Å². The van der Waals surface area contributed by atoms with Crippen molar-refractivity contribution in [3.05, 3.63) is 167 Å². The molecule has 2 aromatic heterocycles. The minimum Gasteiger partial charge on any atom is -0.251 e. The quantitative estimate of drug-likeness (QED) is 0.239. The molecule has 3 nitrogen and oxygen atoms in total. The Morgan fingerprint density at radius 2 is 1.07 bits per heavy atom. The van der Waals surface area contributed by atoms with Crippen LogP contribution in [-0.4, -0.2) is 9.97 Å². The monoisotopic (exact) mass is 511 g/mol. The van der Waals surface area contributed by atoms with Crippen LogP contribution in [0.2, 0.25) is 0 Å². The zero-order valence-electron chi connectivity index (χ0n) is 22.0. The summed E-state index contributed by atoms with van der Waals surface area (Å²) < 4.78 is 0. The Hall–Kier alpha value is -5.33. The number of fused-ring (bicyclic) bond motifs is 3. The van der Waals surface area contributed by atoms with Crippen LogP contribution in [0.15, 0.2) is 133 Å². The van der Waals surface area contributed by atoms with E-state index in [4.69, 9.17) is 9.97 Å². The molecule has 0 fully saturated rings. The van der Waals surface area contributed by atoms with Crippen LogP contribution in [0.4, 0.5) is 0 Å². The van der Waals surface area contributed by atoms with Crippen LogP contribution in [0.25, 0.3) is 33.6 Å². The Bertz CT molecular complexity index is 1900. The van der Waals surface area contributed by atoms with E-state index in [1.807, 2.05) is 30.3 Å². The van der Waals surface area contributed by atoms with Crippen molar-refractivity contribution in [1.82, 2.24) is 9.97 Å². The van der Waals surface area contributed by atoms with E-state index in [9.17, 15) is 5.26 Å². The third-order valence-electron chi connectivity index (χ3n) is 7.82. The molecule has 1 aliphatic carbocycles. The molecule has 0 saturated carbocycles. The normalized spacial score (nSPS) is 12.8. The summed E-state index contributed by atoms with van der Waals surface area (Å²) in [5.41, 5.74) is 11.4. The molecule has 3 heteroatoms. The van der Waals surface area contributed by atoms with Crippen LogP contribution in [-0.2, 0) is 5.41 Å². The summed E-state index contributed by atoms with van der Waals surface area (Å²) in [5.74, 6) is 0. The molecule has 0 N–H and O–H groups in total. The van der Waals surface area contributed by atoms with Gasteiger partial charge in [-0.25, -0.2) is 0 Å². The summed E-state index contributed by atoms with van der Waals surface area (Å²) in [4.78, 5) is 10.7. The lowest BCUT2D eigenvalue weighted by molar-refractivity contribution is 0.708. The van der Waals surface area contributed by atoms with Crippen molar-refractivity contribution in [2.24, 2.45) is 0 Å². The standard InChI is InChI=1S/C37H25N3/c1-25-10-6-12-27(22-25)33-18-8-20-35(39-33)37(31-16-4-2-14-29(31)30-15-3-5-17-32(30)37)36-21-9-19-34(40-36)28-13-7-11-26(23-28)24-38/h2-23H,1H3. The van der Waals surface area contributed by atoms with Crippen molar-refractivity contribution in [2.45, 2.75) is 12.3 Å². The molecule has 4 aromatic carbocycles. The Balaban J connectivity index is 1.54. The second kappa shape index (κ2) is 9.45. The number of pyridine rings is 2. The van der Waals surface area contributed by atoms with E-state index >= 15 is 0 Å². The molecule has 2 heterocycles. The molecule has 0 aliphatic heterocycles. The predicted octanol–water partition coefficient (Wildman–Crippen LogP) is 8.35. The summed E-state index contributed by atoms with van der Waals surface area (Å²) in [5, 5.41) is 9.50. The lowest BCUT2D eigenvalue weighted by atomic mass is 9.72. The van der Waals surface area contributed by atoms with Gasteiger partial charge in [0, 0.05) is 11.1 Å². The van der Waals surface area contributed by atoms with E-state index in [1.54, 1.807) is 0 Å². The maximum absolute atomic E-state index is 9.50. The zero-order valence-corrected chi connectivity index (χ0v) is 22.0. The Morgan fingerprint density at radius 1 is 0.550 bits per heavy atom. The van der Waals surface area contributed by atoms with Gasteiger partial charge in [-0.15, -0.1) is 0 Å². The highest BCUT2D eigenvalue weighted by Gasteiger charge is 2.48. The molecular formula is C37H25N3. The molecule has 0 radical (unpaired) electrons. The molecule has 0 amide bonds. The second-order valence-corrected chi connectivity index (χ2v) is 10.2. The maximum Gasteiger partial charge on any atom is 0.106 e. The lowest BCUT2D eigenvalue weighted by Crippen LogP contribution is -2.31. The SMILES string of the molecule is Cc1cccc(-c2cccc(C3(c4cccc(-c5cccc(C#N)c5)n4)c4ccccc4-c4ccccc43)n2)c1. The summed E-state index contributed by atoms with van der Waals surface area (Å²) in [7, 11) is 0. The van der Waals surface area contributed by atoms with E-state index in [-0.39, 0.29) is 0 Å². The van der Waals surface area contributed by atoms with Gasteiger partial charge in [-0.05, 0) is 71.6 Å². The molecule has 0 bridgehead atoms. The Labute approximate surface area is 234 Å². The van der Waals surface area contributed by atoms with Gasteiger partial charge in [0.15, 0.2) is 0 Å². The molecule has 0 saturated heterocycles. The molecule has 0 spiro atoms. The van der Waals surface area contributed by atoms with Gasteiger partial charge in [-0.3, -0.25) is 9.97 Å². The molecule has 0 unspecified atom stereocenters. The molecule has 7 rings (SSSR count). The first-order valence-electron chi connectivity index (χ1n) is 13.4. The topological polar surface area (TPSA) is 49.6 Å². The van der Waals surface area contributed by atoms with Gasteiger partial charge in [0.2, 0.25) is 0 Å². The van der Waals surface area contributed by atoms with Gasteiger partial charge in [0.05, 0.1) is 34.4 Å². The van der Waals surface area contributed by atoms with E-state index in [1.165, 1.54) is 27.8 Å².